The lowest BCUT2D eigenvalue weighted by atomic mass is 9.95. The van der Waals surface area contributed by atoms with E-state index in [1.54, 1.807) is 7.11 Å². The Hall–Kier alpha value is -2.17. The average Bonchev–Trinajstić information content (AvgIpc) is 2.69. The maximum Gasteiger partial charge on any atom is 0.338 e. The molecule has 4 heteroatoms. The van der Waals surface area contributed by atoms with Crippen LogP contribution >= 0.6 is 0 Å². The second-order valence-corrected chi connectivity index (χ2v) is 7.16. The first-order valence-electron chi connectivity index (χ1n) is 9.78. The fourth-order valence-electron chi connectivity index (χ4n) is 3.87. The van der Waals surface area contributed by atoms with Crippen molar-refractivity contribution in [1.29, 1.82) is 0 Å². The fraction of sp³-hybridized carbons (Fsp3) is 0.435. The van der Waals surface area contributed by atoms with Crippen molar-refractivity contribution < 1.29 is 14.3 Å². The van der Waals surface area contributed by atoms with Crippen LogP contribution in [-0.2, 0) is 16.0 Å². The molecule has 0 spiro atoms. The molecule has 1 aliphatic rings. The highest BCUT2D eigenvalue weighted by Crippen LogP contribution is 2.28. The molecule has 27 heavy (non-hydrogen) atoms. The van der Waals surface area contributed by atoms with E-state index in [2.05, 4.69) is 17.0 Å². The minimum Gasteiger partial charge on any atom is -0.462 e. The van der Waals surface area contributed by atoms with Crippen LogP contribution in [0.5, 0.6) is 0 Å². The Kier molecular flexibility index (Phi) is 7.02. The SMILES string of the molecule is CCOC(=O)c1ccc(-c2ccccc2)c(CN2CCCC(COC)C2)c1. The molecule has 1 unspecified atom stereocenters. The van der Waals surface area contributed by atoms with Crippen LogP contribution < -0.4 is 0 Å². The van der Waals surface area contributed by atoms with Crippen molar-refractivity contribution in [2.24, 2.45) is 5.92 Å². The molecule has 1 heterocycles. The maximum atomic E-state index is 12.2. The van der Waals surface area contributed by atoms with Gasteiger partial charge in [-0.25, -0.2) is 4.79 Å². The van der Waals surface area contributed by atoms with Crippen molar-refractivity contribution in [3.05, 3.63) is 59.7 Å². The molecule has 0 amide bonds. The van der Waals surface area contributed by atoms with Crippen LogP contribution in [-0.4, -0.2) is 44.3 Å². The molecule has 144 valence electrons. The van der Waals surface area contributed by atoms with E-state index in [0.29, 0.717) is 18.1 Å². The molecule has 1 fully saturated rings. The summed E-state index contributed by atoms with van der Waals surface area (Å²) in [6.07, 6.45) is 2.41. The predicted molar refractivity (Wildman–Crippen MR) is 108 cm³/mol. The number of methoxy groups -OCH3 is 1. The third-order valence-electron chi connectivity index (χ3n) is 5.10. The molecule has 0 saturated carbocycles. The van der Waals surface area contributed by atoms with E-state index < -0.39 is 0 Å². The van der Waals surface area contributed by atoms with Crippen molar-refractivity contribution in [3.8, 4) is 11.1 Å². The molecule has 0 aromatic heterocycles. The minimum absolute atomic E-state index is 0.255. The molecule has 1 aliphatic heterocycles. The Morgan fingerprint density at radius 2 is 2.00 bits per heavy atom. The number of rotatable bonds is 7. The van der Waals surface area contributed by atoms with Gasteiger partial charge in [-0.05, 0) is 61.1 Å². The Labute approximate surface area is 162 Å². The summed E-state index contributed by atoms with van der Waals surface area (Å²) < 4.78 is 10.6. The van der Waals surface area contributed by atoms with Gasteiger partial charge in [-0.2, -0.15) is 0 Å². The molecule has 0 N–H and O–H groups in total. The first-order chi connectivity index (χ1) is 13.2. The van der Waals surface area contributed by atoms with E-state index in [9.17, 15) is 4.79 Å². The van der Waals surface area contributed by atoms with Crippen LogP contribution in [0.4, 0.5) is 0 Å². The molecule has 0 radical (unpaired) electrons. The van der Waals surface area contributed by atoms with Gasteiger partial charge in [0.15, 0.2) is 0 Å². The van der Waals surface area contributed by atoms with E-state index >= 15 is 0 Å². The lowest BCUT2D eigenvalue weighted by Crippen LogP contribution is -2.36. The predicted octanol–water partition coefficient (Wildman–Crippen LogP) is 4.39. The van der Waals surface area contributed by atoms with Crippen LogP contribution in [0.1, 0.15) is 35.7 Å². The van der Waals surface area contributed by atoms with Crippen molar-refractivity contribution >= 4 is 5.97 Å². The third-order valence-corrected chi connectivity index (χ3v) is 5.10. The second kappa shape index (κ2) is 9.67. The molecule has 0 aliphatic carbocycles. The van der Waals surface area contributed by atoms with E-state index in [4.69, 9.17) is 9.47 Å². The number of carbonyl (C=O) groups excluding carboxylic acids is 1. The van der Waals surface area contributed by atoms with Crippen LogP contribution in [0.15, 0.2) is 48.5 Å². The number of hydrogen-bond donors (Lipinski definition) is 0. The third kappa shape index (κ3) is 5.18. The van der Waals surface area contributed by atoms with Gasteiger partial charge in [0, 0.05) is 20.2 Å². The van der Waals surface area contributed by atoms with Gasteiger partial charge in [-0.3, -0.25) is 4.90 Å². The maximum absolute atomic E-state index is 12.2. The first kappa shape index (κ1) is 19.6. The lowest BCUT2D eigenvalue weighted by Gasteiger charge is -2.33. The number of nitrogens with zero attached hydrogens (tertiary/aromatic N) is 1. The summed E-state index contributed by atoms with van der Waals surface area (Å²) >= 11 is 0. The molecule has 4 nitrogen and oxygen atoms in total. The Morgan fingerprint density at radius 3 is 2.74 bits per heavy atom. The zero-order valence-corrected chi connectivity index (χ0v) is 16.3. The van der Waals surface area contributed by atoms with E-state index in [0.717, 1.165) is 26.2 Å². The van der Waals surface area contributed by atoms with E-state index in [-0.39, 0.29) is 5.97 Å². The van der Waals surface area contributed by atoms with Gasteiger partial charge in [0.05, 0.1) is 18.8 Å². The molecule has 2 aromatic rings. The average molecular weight is 367 g/mol. The van der Waals surface area contributed by atoms with E-state index in [1.165, 1.54) is 29.5 Å². The highest BCUT2D eigenvalue weighted by Gasteiger charge is 2.21. The van der Waals surface area contributed by atoms with Crippen molar-refractivity contribution in [3.63, 3.8) is 0 Å². The number of ether oxygens (including phenoxy) is 2. The van der Waals surface area contributed by atoms with Gasteiger partial charge < -0.3 is 9.47 Å². The zero-order chi connectivity index (χ0) is 19.1. The summed E-state index contributed by atoms with van der Waals surface area (Å²) in [5, 5.41) is 0. The molecule has 1 saturated heterocycles. The van der Waals surface area contributed by atoms with Crippen LogP contribution in [0.25, 0.3) is 11.1 Å². The van der Waals surface area contributed by atoms with Gasteiger partial charge in [0.2, 0.25) is 0 Å². The standard InChI is InChI=1S/C23H29NO3/c1-3-27-23(25)20-11-12-22(19-9-5-4-6-10-19)21(14-20)16-24-13-7-8-18(15-24)17-26-2/h4-6,9-12,14,18H,3,7-8,13,15-17H2,1-2H3. The lowest BCUT2D eigenvalue weighted by molar-refractivity contribution is 0.0526. The number of hydrogen-bond acceptors (Lipinski definition) is 4. The van der Waals surface area contributed by atoms with Crippen LogP contribution in [0.3, 0.4) is 0 Å². The number of piperidine rings is 1. The van der Waals surface area contributed by atoms with E-state index in [1.807, 2.05) is 43.3 Å². The van der Waals surface area contributed by atoms with Crippen molar-refractivity contribution in [1.82, 2.24) is 4.90 Å². The minimum atomic E-state index is -0.255. The number of likely N-dealkylation sites (tertiary alicyclic amines) is 1. The van der Waals surface area contributed by atoms with Crippen molar-refractivity contribution in [2.45, 2.75) is 26.3 Å². The quantitative estimate of drug-likeness (QED) is 0.681. The molecule has 3 rings (SSSR count). The number of carbonyl (C=O) groups is 1. The second-order valence-electron chi connectivity index (χ2n) is 7.16. The molecular weight excluding hydrogens is 338 g/mol. The van der Waals surface area contributed by atoms with Gasteiger partial charge in [-0.1, -0.05) is 36.4 Å². The Morgan fingerprint density at radius 1 is 1.19 bits per heavy atom. The summed E-state index contributed by atoms with van der Waals surface area (Å²) in [5.41, 5.74) is 4.15. The normalized spacial score (nSPS) is 17.6. The van der Waals surface area contributed by atoms with Gasteiger partial charge in [-0.15, -0.1) is 0 Å². The van der Waals surface area contributed by atoms with Gasteiger partial charge >= 0.3 is 5.97 Å². The zero-order valence-electron chi connectivity index (χ0n) is 16.3. The van der Waals surface area contributed by atoms with Gasteiger partial charge in [0.25, 0.3) is 0 Å². The highest BCUT2D eigenvalue weighted by molar-refractivity contribution is 5.90. The smallest absolute Gasteiger partial charge is 0.338 e. The molecular formula is C23H29NO3. The Bertz CT molecular complexity index is 743. The Balaban J connectivity index is 1.87. The summed E-state index contributed by atoms with van der Waals surface area (Å²) in [4.78, 5) is 14.7. The number of benzene rings is 2. The highest BCUT2D eigenvalue weighted by atomic mass is 16.5. The summed E-state index contributed by atoms with van der Waals surface area (Å²) in [7, 11) is 1.77. The summed E-state index contributed by atoms with van der Waals surface area (Å²) in [5.74, 6) is 0.325. The molecule has 1 atom stereocenters. The number of esters is 1. The fourth-order valence-corrected chi connectivity index (χ4v) is 3.87. The van der Waals surface area contributed by atoms with Crippen molar-refractivity contribution in [2.75, 3.05) is 33.4 Å². The molecule has 0 bridgehead atoms. The summed E-state index contributed by atoms with van der Waals surface area (Å²) in [6.45, 7) is 5.98. The van der Waals surface area contributed by atoms with Crippen LogP contribution in [0.2, 0.25) is 0 Å². The largest absolute Gasteiger partial charge is 0.462 e. The first-order valence-corrected chi connectivity index (χ1v) is 9.78. The molecule has 2 aromatic carbocycles. The van der Waals surface area contributed by atoms with Crippen LogP contribution in [0, 0.1) is 5.92 Å². The van der Waals surface area contributed by atoms with Gasteiger partial charge in [0.1, 0.15) is 0 Å². The topological polar surface area (TPSA) is 38.8 Å². The monoisotopic (exact) mass is 367 g/mol. The summed E-state index contributed by atoms with van der Waals surface area (Å²) in [6, 6.07) is 16.3.